The van der Waals surface area contributed by atoms with Gasteiger partial charge in [-0.3, -0.25) is 20.2 Å². The Morgan fingerprint density at radius 2 is 2.29 bits per heavy atom. The molecule has 10 heteroatoms. The highest BCUT2D eigenvalue weighted by Gasteiger charge is 2.22. The summed E-state index contributed by atoms with van der Waals surface area (Å²) in [6, 6.07) is 1.34. The predicted molar refractivity (Wildman–Crippen MR) is 77.7 cm³/mol. The lowest BCUT2D eigenvalue weighted by Crippen LogP contribution is -2.15. The van der Waals surface area contributed by atoms with Crippen LogP contribution in [0.2, 0.25) is 0 Å². The quantitative estimate of drug-likeness (QED) is 0.638. The van der Waals surface area contributed by atoms with Crippen molar-refractivity contribution in [3.05, 3.63) is 33.8 Å². The maximum Gasteiger partial charge on any atom is 0.300 e. The van der Waals surface area contributed by atoms with Gasteiger partial charge in [-0.15, -0.1) is 0 Å². The summed E-state index contributed by atoms with van der Waals surface area (Å²) in [6.45, 7) is 4.12. The van der Waals surface area contributed by atoms with Gasteiger partial charge in [0.25, 0.3) is 11.6 Å². The van der Waals surface area contributed by atoms with E-state index in [1.54, 1.807) is 6.92 Å². The van der Waals surface area contributed by atoms with Crippen molar-refractivity contribution < 1.29 is 9.72 Å². The van der Waals surface area contributed by atoms with Gasteiger partial charge in [0.05, 0.1) is 4.92 Å². The zero-order chi connectivity index (χ0) is 15.4. The molecule has 0 saturated heterocycles. The van der Waals surface area contributed by atoms with E-state index in [-0.39, 0.29) is 16.4 Å². The summed E-state index contributed by atoms with van der Waals surface area (Å²) in [6.07, 6.45) is 1.05. The second-order valence-electron chi connectivity index (χ2n) is 3.98. The Morgan fingerprint density at radius 3 is 2.86 bits per heavy atom. The Hall–Kier alpha value is -2.62. The maximum absolute atomic E-state index is 12.2. The highest BCUT2D eigenvalue weighted by molar-refractivity contribution is 7.09. The van der Waals surface area contributed by atoms with Crippen molar-refractivity contribution in [3.8, 4) is 0 Å². The molecule has 0 aliphatic heterocycles. The minimum absolute atomic E-state index is 0.0844. The van der Waals surface area contributed by atoms with Crippen LogP contribution in [-0.4, -0.2) is 31.7 Å². The first kappa shape index (κ1) is 14.8. The third-order valence-electron chi connectivity index (χ3n) is 2.43. The van der Waals surface area contributed by atoms with Gasteiger partial charge >= 0.3 is 0 Å². The molecule has 9 nitrogen and oxygen atoms in total. The fraction of sp³-hybridized carbons (Fsp3) is 0.273. The van der Waals surface area contributed by atoms with Crippen molar-refractivity contribution in [2.24, 2.45) is 0 Å². The number of nitrogens with one attached hydrogen (secondary N) is 2. The molecule has 0 aromatic carbocycles. The molecular weight excluding hydrogens is 296 g/mol. The smallest absolute Gasteiger partial charge is 0.300 e. The fourth-order valence-electron chi connectivity index (χ4n) is 1.57. The number of hydrogen-bond acceptors (Lipinski definition) is 8. The van der Waals surface area contributed by atoms with E-state index in [0.29, 0.717) is 18.2 Å². The van der Waals surface area contributed by atoms with E-state index in [9.17, 15) is 14.9 Å². The summed E-state index contributed by atoms with van der Waals surface area (Å²) in [5.41, 5.74) is -0.450. The summed E-state index contributed by atoms with van der Waals surface area (Å²) in [7, 11) is 0. The normalized spacial score (nSPS) is 10.2. The molecule has 2 N–H and O–H groups in total. The number of nitrogens with zero attached hydrogens (tertiary/aromatic N) is 4. The highest BCUT2D eigenvalue weighted by atomic mass is 32.1. The van der Waals surface area contributed by atoms with Crippen LogP contribution in [0.1, 0.15) is 23.1 Å². The van der Waals surface area contributed by atoms with Gasteiger partial charge in [0.15, 0.2) is 0 Å². The van der Waals surface area contributed by atoms with E-state index in [2.05, 4.69) is 25.0 Å². The van der Waals surface area contributed by atoms with Crippen LogP contribution in [0, 0.1) is 17.0 Å². The summed E-state index contributed by atoms with van der Waals surface area (Å²) in [4.78, 5) is 30.4. The minimum atomic E-state index is -0.650. The van der Waals surface area contributed by atoms with E-state index >= 15 is 0 Å². The average molecular weight is 308 g/mol. The molecule has 0 bridgehead atoms. The molecule has 0 spiro atoms. The first-order valence-corrected chi connectivity index (χ1v) is 6.78. The van der Waals surface area contributed by atoms with Crippen LogP contribution in [0.5, 0.6) is 0 Å². The molecule has 2 rings (SSSR count). The molecule has 0 radical (unpaired) electrons. The van der Waals surface area contributed by atoms with Crippen molar-refractivity contribution in [3.63, 3.8) is 0 Å². The van der Waals surface area contributed by atoms with Gasteiger partial charge in [-0.05, 0) is 13.8 Å². The van der Waals surface area contributed by atoms with Crippen LogP contribution in [0.15, 0.2) is 12.3 Å². The molecule has 0 saturated carbocycles. The third-order valence-corrected chi connectivity index (χ3v) is 3.15. The lowest BCUT2D eigenvalue weighted by molar-refractivity contribution is -0.385. The van der Waals surface area contributed by atoms with E-state index in [1.807, 2.05) is 6.92 Å². The van der Waals surface area contributed by atoms with Crippen LogP contribution in [0.25, 0.3) is 0 Å². The van der Waals surface area contributed by atoms with Crippen molar-refractivity contribution in [1.82, 2.24) is 14.3 Å². The molecule has 110 valence electrons. The molecular formula is C11H12N6O3S. The second kappa shape index (κ2) is 6.22. The Kier molecular flexibility index (Phi) is 4.38. The van der Waals surface area contributed by atoms with Gasteiger partial charge in [0.1, 0.15) is 23.4 Å². The second-order valence-corrected chi connectivity index (χ2v) is 4.73. The largest absolute Gasteiger partial charge is 0.370 e. The topological polar surface area (TPSA) is 123 Å². The first-order valence-electron chi connectivity index (χ1n) is 6.01. The lowest BCUT2D eigenvalue weighted by atomic mass is 10.2. The van der Waals surface area contributed by atoms with Crippen LogP contribution in [-0.2, 0) is 0 Å². The first-order chi connectivity index (χ1) is 10.0. The number of carbonyl (C=O) groups excluding carboxylic acids is 1. The van der Waals surface area contributed by atoms with Gasteiger partial charge in [-0.2, -0.15) is 4.37 Å². The van der Waals surface area contributed by atoms with E-state index in [0.717, 1.165) is 17.7 Å². The number of pyridine rings is 1. The van der Waals surface area contributed by atoms with Crippen LogP contribution >= 0.6 is 11.5 Å². The number of aromatic nitrogens is 3. The molecule has 0 unspecified atom stereocenters. The van der Waals surface area contributed by atoms with Crippen molar-refractivity contribution >= 4 is 34.1 Å². The summed E-state index contributed by atoms with van der Waals surface area (Å²) < 4.78 is 3.93. The predicted octanol–water partition coefficient (Wildman–Crippen LogP) is 1.83. The number of aryl methyl sites for hydroxylation is 1. The van der Waals surface area contributed by atoms with E-state index in [1.165, 1.54) is 6.07 Å². The SMILES string of the molecule is CCNc1cc(C(=O)Nc2nc(C)ns2)c([N+](=O)[O-])cn1. The van der Waals surface area contributed by atoms with Crippen molar-refractivity contribution in [2.75, 3.05) is 17.2 Å². The molecule has 0 atom stereocenters. The summed E-state index contributed by atoms with van der Waals surface area (Å²) in [5.74, 6) is 0.286. The van der Waals surface area contributed by atoms with Gasteiger partial charge < -0.3 is 5.32 Å². The molecule has 0 fully saturated rings. The van der Waals surface area contributed by atoms with Gasteiger partial charge in [-0.1, -0.05) is 0 Å². The molecule has 0 aliphatic carbocycles. The van der Waals surface area contributed by atoms with E-state index < -0.39 is 10.8 Å². The Labute approximate surface area is 123 Å². The Bertz CT molecular complexity index is 686. The standard InChI is InChI=1S/C11H12N6O3S/c1-3-12-9-4-7(8(5-13-9)17(19)20)10(18)15-11-14-6(2)16-21-11/h4-5H,3H2,1-2H3,(H,12,13)(H,14,15,16,18). The number of rotatable bonds is 5. The van der Waals surface area contributed by atoms with Gasteiger partial charge in [0.2, 0.25) is 5.13 Å². The number of carbonyl (C=O) groups is 1. The monoisotopic (exact) mass is 308 g/mol. The van der Waals surface area contributed by atoms with Crippen LogP contribution in [0.3, 0.4) is 0 Å². The Morgan fingerprint density at radius 1 is 1.52 bits per heavy atom. The zero-order valence-corrected chi connectivity index (χ0v) is 12.1. The zero-order valence-electron chi connectivity index (χ0n) is 11.3. The van der Waals surface area contributed by atoms with Gasteiger partial charge in [0, 0.05) is 24.1 Å². The van der Waals surface area contributed by atoms with Gasteiger partial charge in [-0.25, -0.2) is 9.97 Å². The van der Waals surface area contributed by atoms with Crippen molar-refractivity contribution in [2.45, 2.75) is 13.8 Å². The fourth-order valence-corrected chi connectivity index (χ4v) is 2.14. The summed E-state index contributed by atoms with van der Waals surface area (Å²) >= 11 is 1.01. The van der Waals surface area contributed by atoms with Crippen LogP contribution < -0.4 is 10.6 Å². The molecule has 2 aromatic rings. The van der Waals surface area contributed by atoms with E-state index in [4.69, 9.17) is 0 Å². The lowest BCUT2D eigenvalue weighted by Gasteiger charge is -2.06. The average Bonchev–Trinajstić information content (AvgIpc) is 2.84. The third kappa shape index (κ3) is 3.48. The molecule has 2 aromatic heterocycles. The maximum atomic E-state index is 12.2. The minimum Gasteiger partial charge on any atom is -0.370 e. The number of anilines is 2. The molecule has 0 aliphatic rings. The molecule has 1 amide bonds. The van der Waals surface area contributed by atoms with Crippen molar-refractivity contribution in [1.29, 1.82) is 0 Å². The number of nitro groups is 1. The molecule has 2 heterocycles. The number of amides is 1. The van der Waals surface area contributed by atoms with Crippen LogP contribution in [0.4, 0.5) is 16.6 Å². The molecule has 21 heavy (non-hydrogen) atoms. The highest BCUT2D eigenvalue weighted by Crippen LogP contribution is 2.22. The summed E-state index contributed by atoms with van der Waals surface area (Å²) in [5, 5.41) is 16.7. The number of hydrogen-bond donors (Lipinski definition) is 2. The Balaban J connectivity index is 2.32.